The van der Waals surface area contributed by atoms with Gasteiger partial charge in [0, 0.05) is 36.8 Å². The molecule has 0 bridgehead atoms. The van der Waals surface area contributed by atoms with Crippen LogP contribution >= 0.6 is 24.8 Å². The van der Waals surface area contributed by atoms with E-state index in [0.29, 0.717) is 36.3 Å². The maximum Gasteiger partial charge on any atom is 0.319 e. The number of rotatable bonds is 9. The molecule has 8 nitrogen and oxygen atoms in total. The Kier molecular flexibility index (Phi) is 9.85. The first kappa shape index (κ1) is 34.3. The Morgan fingerprint density at radius 1 is 1.13 bits per heavy atom. The second-order valence-electron chi connectivity index (χ2n) is 13.1. The smallest absolute Gasteiger partial charge is 0.319 e. The van der Waals surface area contributed by atoms with Crippen molar-refractivity contribution >= 4 is 52.3 Å². The monoisotopic (exact) mass is 674 g/mol. The number of nitrogens with one attached hydrogen (secondary N) is 1. The van der Waals surface area contributed by atoms with E-state index < -0.39 is 12.0 Å². The van der Waals surface area contributed by atoms with Crippen molar-refractivity contribution in [2.75, 3.05) is 45.7 Å². The van der Waals surface area contributed by atoms with E-state index in [2.05, 4.69) is 39.2 Å². The van der Waals surface area contributed by atoms with E-state index in [4.69, 9.17) is 9.72 Å². The Bertz CT molecular complexity index is 1740. The van der Waals surface area contributed by atoms with Crippen LogP contribution < -0.4 is 10.1 Å². The highest BCUT2D eigenvalue weighted by Gasteiger charge is 2.49. The van der Waals surface area contributed by atoms with Gasteiger partial charge in [-0.05, 0) is 87.6 Å². The molecule has 0 unspecified atom stereocenters. The third-order valence-corrected chi connectivity index (χ3v) is 10.4. The molecule has 248 valence electrons. The summed E-state index contributed by atoms with van der Waals surface area (Å²) in [5, 5.41) is 16.2. The molecule has 0 radical (unpaired) electrons. The van der Waals surface area contributed by atoms with Gasteiger partial charge in [-0.1, -0.05) is 25.1 Å². The number of hydrogen-bond donors (Lipinski definition) is 2. The zero-order valence-corrected chi connectivity index (χ0v) is 28.1. The van der Waals surface area contributed by atoms with Gasteiger partial charge in [-0.25, -0.2) is 8.78 Å². The number of benzene rings is 2. The molecule has 1 saturated carbocycles. The first-order valence-corrected chi connectivity index (χ1v) is 15.8. The largest absolute Gasteiger partial charge is 0.508 e. The van der Waals surface area contributed by atoms with Crippen molar-refractivity contribution in [3.63, 3.8) is 0 Å². The van der Waals surface area contributed by atoms with Crippen LogP contribution in [0.5, 0.6) is 11.8 Å². The number of aryl methyl sites for hydroxylation is 1. The fraction of sp³-hybridized carbons (Fsp3) is 0.500. The highest BCUT2D eigenvalue weighted by Crippen LogP contribution is 2.42. The van der Waals surface area contributed by atoms with Gasteiger partial charge in [0.15, 0.2) is 5.82 Å². The van der Waals surface area contributed by atoms with Crippen LogP contribution in [0.25, 0.3) is 32.9 Å². The number of halogens is 4. The van der Waals surface area contributed by atoms with E-state index in [-0.39, 0.29) is 65.5 Å². The molecule has 0 spiro atoms. The highest BCUT2D eigenvalue weighted by molar-refractivity contribution is 6.01. The van der Waals surface area contributed by atoms with E-state index in [1.165, 1.54) is 0 Å². The molecule has 0 amide bonds. The fourth-order valence-corrected chi connectivity index (χ4v) is 7.66. The predicted octanol–water partition coefficient (Wildman–Crippen LogP) is 6.95. The van der Waals surface area contributed by atoms with Crippen LogP contribution in [0.3, 0.4) is 0 Å². The number of anilines is 1. The number of alkyl halides is 1. The third-order valence-electron chi connectivity index (χ3n) is 10.4. The molecule has 12 heteroatoms. The SMILES string of the molecule is CCc1cccc2cc(O)cc(-c3ncc4c(NCC5(N(C)C)CCC5)nc(OC[C@@]56CCCN5C[C@H](F)C6)nc4c3F)c12.Cl.Cl. The summed E-state index contributed by atoms with van der Waals surface area (Å²) in [6.07, 6.45) is 7.01. The molecule has 3 aliphatic rings. The minimum atomic E-state index is -0.880. The van der Waals surface area contributed by atoms with Gasteiger partial charge in [0.05, 0.1) is 10.9 Å². The Hall–Kier alpha value is -3.05. The molecule has 4 heterocycles. The number of hydrogen-bond acceptors (Lipinski definition) is 8. The number of aromatic hydroxyl groups is 1. The molecule has 2 N–H and O–H groups in total. The lowest BCUT2D eigenvalue weighted by atomic mass is 9.75. The zero-order chi connectivity index (χ0) is 30.6. The number of likely N-dealkylation sites (N-methyl/N-ethyl adjacent to an activating group) is 1. The standard InChI is InChI=1S/C34H40F2N6O2.2ClH/c1-4-21-8-5-9-22-14-24(43)15-25(27(21)22)29-28(36)30-26(17-37-29)31(38-19-33(41(2)3)10-6-11-33)40-32(39-30)44-20-34-12-7-13-42(34)18-23(35)16-34;;/h5,8-9,14-15,17,23,43H,4,6-7,10-13,16,18-20H2,1-3H3,(H,38,39,40);2*1H/t23-,34+;;/m1../s1. The normalized spacial score (nSPS) is 21.9. The van der Waals surface area contributed by atoms with Crippen LogP contribution in [0.15, 0.2) is 36.5 Å². The summed E-state index contributed by atoms with van der Waals surface area (Å²) >= 11 is 0. The number of fused-ring (bicyclic) bond motifs is 3. The summed E-state index contributed by atoms with van der Waals surface area (Å²) in [4.78, 5) is 18.3. The first-order valence-electron chi connectivity index (χ1n) is 15.8. The van der Waals surface area contributed by atoms with E-state index in [1.807, 2.05) is 25.1 Å². The average Bonchev–Trinajstić information content (AvgIpc) is 3.50. The summed E-state index contributed by atoms with van der Waals surface area (Å²) in [6.45, 7) is 4.20. The summed E-state index contributed by atoms with van der Waals surface area (Å²) in [5.41, 5.74) is 1.35. The summed E-state index contributed by atoms with van der Waals surface area (Å²) < 4.78 is 37.4. The van der Waals surface area contributed by atoms with Gasteiger partial charge in [-0.2, -0.15) is 9.97 Å². The number of phenols is 1. The second-order valence-corrected chi connectivity index (χ2v) is 13.1. The number of ether oxygens (including phenoxy) is 1. The van der Waals surface area contributed by atoms with Crippen LogP contribution in [0.1, 0.15) is 51.0 Å². The maximum absolute atomic E-state index is 16.7. The predicted molar refractivity (Wildman–Crippen MR) is 183 cm³/mol. The van der Waals surface area contributed by atoms with Gasteiger partial charge in [0.25, 0.3) is 0 Å². The Labute approximate surface area is 280 Å². The lowest BCUT2D eigenvalue weighted by Gasteiger charge is -2.47. The van der Waals surface area contributed by atoms with Crippen molar-refractivity contribution in [3.05, 3.63) is 47.9 Å². The minimum absolute atomic E-state index is 0. The summed E-state index contributed by atoms with van der Waals surface area (Å²) in [5.74, 6) is -0.109. The molecular formula is C34H42Cl2F2N6O2. The van der Waals surface area contributed by atoms with Crippen molar-refractivity contribution in [1.82, 2.24) is 24.8 Å². The van der Waals surface area contributed by atoms with Crippen molar-refractivity contribution in [3.8, 4) is 23.0 Å². The molecule has 46 heavy (non-hydrogen) atoms. The third kappa shape index (κ3) is 5.82. The first-order chi connectivity index (χ1) is 21.2. The van der Waals surface area contributed by atoms with Crippen molar-refractivity contribution < 1.29 is 18.6 Å². The zero-order valence-electron chi connectivity index (χ0n) is 26.5. The van der Waals surface area contributed by atoms with E-state index in [1.54, 1.807) is 18.3 Å². The summed E-state index contributed by atoms with van der Waals surface area (Å²) in [6, 6.07) is 9.16. The number of phenolic OH excluding ortho intramolecular Hbond substituents is 1. The molecule has 2 atom stereocenters. The lowest BCUT2D eigenvalue weighted by molar-refractivity contribution is 0.0738. The topological polar surface area (TPSA) is 86.6 Å². The minimum Gasteiger partial charge on any atom is -0.508 e. The van der Waals surface area contributed by atoms with Gasteiger partial charge >= 0.3 is 6.01 Å². The highest BCUT2D eigenvalue weighted by atomic mass is 35.5. The number of nitrogens with zero attached hydrogens (tertiary/aromatic N) is 5. The van der Waals surface area contributed by atoms with E-state index in [9.17, 15) is 9.50 Å². The number of pyridine rings is 1. The molecule has 2 saturated heterocycles. The van der Waals surface area contributed by atoms with Crippen molar-refractivity contribution in [2.45, 2.75) is 69.1 Å². The quantitative estimate of drug-likeness (QED) is 0.197. The Morgan fingerprint density at radius 3 is 2.65 bits per heavy atom. The van der Waals surface area contributed by atoms with Crippen LogP contribution in [0.4, 0.5) is 14.6 Å². The Morgan fingerprint density at radius 2 is 1.93 bits per heavy atom. The molecule has 2 aromatic heterocycles. The van der Waals surface area contributed by atoms with E-state index in [0.717, 1.165) is 61.4 Å². The van der Waals surface area contributed by atoms with E-state index >= 15 is 4.39 Å². The average molecular weight is 676 g/mol. The maximum atomic E-state index is 16.7. The van der Waals surface area contributed by atoms with Crippen molar-refractivity contribution in [1.29, 1.82) is 0 Å². The van der Waals surface area contributed by atoms with Crippen LogP contribution in [0, 0.1) is 5.82 Å². The molecule has 2 aromatic carbocycles. The van der Waals surface area contributed by atoms with Gasteiger partial charge < -0.3 is 20.1 Å². The lowest BCUT2D eigenvalue weighted by Crippen LogP contribution is -2.54. The molecule has 7 rings (SSSR count). The number of aromatic nitrogens is 3. The van der Waals surface area contributed by atoms with Crippen LogP contribution in [-0.4, -0.2) is 87.4 Å². The van der Waals surface area contributed by atoms with Gasteiger partial charge in [-0.3, -0.25) is 9.88 Å². The molecular weight excluding hydrogens is 633 g/mol. The molecule has 3 fully saturated rings. The van der Waals surface area contributed by atoms with Crippen LogP contribution in [-0.2, 0) is 6.42 Å². The van der Waals surface area contributed by atoms with Crippen LogP contribution in [0.2, 0.25) is 0 Å². The second kappa shape index (κ2) is 13.2. The van der Waals surface area contributed by atoms with Gasteiger partial charge in [-0.15, -0.1) is 24.8 Å². The van der Waals surface area contributed by atoms with Crippen molar-refractivity contribution in [2.24, 2.45) is 0 Å². The fourth-order valence-electron chi connectivity index (χ4n) is 7.66. The van der Waals surface area contributed by atoms with Gasteiger partial charge in [0.1, 0.15) is 35.6 Å². The Balaban J connectivity index is 0.00000208. The molecule has 4 aromatic rings. The van der Waals surface area contributed by atoms with Gasteiger partial charge in [0.2, 0.25) is 0 Å². The molecule has 2 aliphatic heterocycles. The summed E-state index contributed by atoms with van der Waals surface area (Å²) in [7, 11) is 4.16. The molecule has 1 aliphatic carbocycles.